The monoisotopic (exact) mass is 419 g/mol. The number of para-hydroxylation sites is 1. The van der Waals surface area contributed by atoms with E-state index in [4.69, 9.17) is 4.74 Å². The largest absolute Gasteiger partial charge is 0.485 e. The standard InChI is InChI=1S/C25H29N3OS/c1-27(2)14-6-15-28-16-12-18-19-17-30-24-10-4-3-7-20(24)26-13-11-22(19)29-23-9-5-8-21(28)25(18)23/h3-5,7-10,12,16,22,26H,6,11,13-15,17H2,1-2H3. The third-order valence-electron chi connectivity index (χ3n) is 6.00. The van der Waals surface area contributed by atoms with Gasteiger partial charge in [-0.25, -0.2) is 0 Å². The number of rotatable bonds is 4. The number of benzene rings is 2. The molecule has 1 N–H and O–H groups in total. The highest BCUT2D eigenvalue weighted by atomic mass is 32.2. The highest BCUT2D eigenvalue weighted by molar-refractivity contribution is 7.99. The number of allylic oxidation sites excluding steroid dienone is 2. The Bertz CT molecular complexity index is 998. The molecule has 0 saturated heterocycles. The molecule has 0 aromatic heterocycles. The minimum atomic E-state index is 0.127. The highest BCUT2D eigenvalue weighted by Gasteiger charge is 2.32. The maximum Gasteiger partial charge on any atom is 0.130 e. The first kappa shape index (κ1) is 19.6. The van der Waals surface area contributed by atoms with E-state index in [1.54, 1.807) is 0 Å². The fourth-order valence-corrected chi connectivity index (χ4v) is 5.63. The van der Waals surface area contributed by atoms with E-state index in [1.807, 2.05) is 11.8 Å². The lowest BCUT2D eigenvalue weighted by Gasteiger charge is -2.36. The topological polar surface area (TPSA) is 27.7 Å². The van der Waals surface area contributed by atoms with Gasteiger partial charge in [-0.1, -0.05) is 18.2 Å². The van der Waals surface area contributed by atoms with E-state index >= 15 is 0 Å². The van der Waals surface area contributed by atoms with Crippen molar-refractivity contribution >= 4 is 28.7 Å². The fraction of sp³-hybridized carbons (Fsp3) is 0.360. The SMILES string of the molecule is CN(C)CCCN1C=CC2=C3CSc4ccccc4NCCC3Oc3cccc1c32. The van der Waals surface area contributed by atoms with Crippen molar-refractivity contribution in [3.63, 3.8) is 0 Å². The molecule has 0 bridgehead atoms. The zero-order valence-corrected chi connectivity index (χ0v) is 18.5. The molecule has 0 fully saturated rings. The minimum absolute atomic E-state index is 0.127. The van der Waals surface area contributed by atoms with Crippen LogP contribution in [0.1, 0.15) is 18.4 Å². The molecule has 5 rings (SSSR count). The Morgan fingerprint density at radius 2 is 2.07 bits per heavy atom. The molecule has 0 radical (unpaired) electrons. The van der Waals surface area contributed by atoms with Gasteiger partial charge < -0.3 is 19.9 Å². The van der Waals surface area contributed by atoms with Gasteiger partial charge in [0.05, 0.1) is 5.69 Å². The van der Waals surface area contributed by atoms with Gasteiger partial charge in [-0.2, -0.15) is 0 Å². The normalized spacial score (nSPS) is 19.7. The van der Waals surface area contributed by atoms with Crippen LogP contribution >= 0.6 is 11.8 Å². The third-order valence-corrected chi connectivity index (χ3v) is 7.13. The van der Waals surface area contributed by atoms with Crippen molar-refractivity contribution < 1.29 is 4.74 Å². The summed E-state index contributed by atoms with van der Waals surface area (Å²) in [6.45, 7) is 3.02. The number of thioether (sulfide) groups is 1. The van der Waals surface area contributed by atoms with Crippen molar-refractivity contribution in [3.8, 4) is 5.75 Å². The Balaban J connectivity index is 1.49. The molecule has 2 aromatic rings. The van der Waals surface area contributed by atoms with Crippen LogP contribution in [-0.4, -0.2) is 50.5 Å². The zero-order valence-electron chi connectivity index (χ0n) is 17.7. The molecule has 30 heavy (non-hydrogen) atoms. The van der Waals surface area contributed by atoms with Crippen LogP contribution in [0.3, 0.4) is 0 Å². The molecule has 0 aliphatic carbocycles. The van der Waals surface area contributed by atoms with Crippen LogP contribution in [0.2, 0.25) is 0 Å². The maximum atomic E-state index is 6.58. The highest BCUT2D eigenvalue weighted by Crippen LogP contribution is 2.47. The Labute approximate surface area is 183 Å². The van der Waals surface area contributed by atoms with Gasteiger partial charge >= 0.3 is 0 Å². The number of anilines is 2. The predicted octanol–water partition coefficient (Wildman–Crippen LogP) is 5.09. The van der Waals surface area contributed by atoms with Crippen LogP contribution in [0.15, 0.2) is 65.2 Å². The first-order valence-electron chi connectivity index (χ1n) is 10.8. The van der Waals surface area contributed by atoms with Gasteiger partial charge in [-0.05, 0) is 68.5 Å². The van der Waals surface area contributed by atoms with E-state index in [0.717, 1.165) is 44.0 Å². The van der Waals surface area contributed by atoms with Crippen molar-refractivity contribution in [1.29, 1.82) is 0 Å². The molecule has 3 aliphatic heterocycles. The summed E-state index contributed by atoms with van der Waals surface area (Å²) in [4.78, 5) is 5.95. The second-order valence-electron chi connectivity index (χ2n) is 8.36. The summed E-state index contributed by atoms with van der Waals surface area (Å²) < 4.78 is 6.58. The summed E-state index contributed by atoms with van der Waals surface area (Å²) in [5, 5.41) is 3.61. The Hall–Kier alpha value is -2.37. The molecule has 5 heteroatoms. The molecule has 1 atom stereocenters. The van der Waals surface area contributed by atoms with Crippen LogP contribution in [0.4, 0.5) is 11.4 Å². The van der Waals surface area contributed by atoms with Gasteiger partial charge in [0, 0.05) is 47.6 Å². The van der Waals surface area contributed by atoms with Gasteiger partial charge in [0.15, 0.2) is 0 Å². The molecule has 4 nitrogen and oxygen atoms in total. The van der Waals surface area contributed by atoms with Crippen molar-refractivity contribution in [3.05, 3.63) is 65.9 Å². The molecule has 3 heterocycles. The number of hydrogen-bond acceptors (Lipinski definition) is 5. The average molecular weight is 420 g/mol. The number of nitrogens with one attached hydrogen (secondary N) is 1. The van der Waals surface area contributed by atoms with Crippen molar-refractivity contribution in [2.75, 3.05) is 49.7 Å². The number of hydrogen-bond donors (Lipinski definition) is 1. The zero-order chi connectivity index (χ0) is 20.5. The second kappa shape index (κ2) is 8.40. The molecule has 2 aromatic carbocycles. The molecule has 156 valence electrons. The van der Waals surface area contributed by atoms with E-state index in [0.29, 0.717) is 0 Å². The lowest BCUT2D eigenvalue weighted by Crippen LogP contribution is -2.31. The summed E-state index contributed by atoms with van der Waals surface area (Å²) in [5.74, 6) is 1.98. The molecule has 0 saturated carbocycles. The predicted molar refractivity (Wildman–Crippen MR) is 128 cm³/mol. The van der Waals surface area contributed by atoms with E-state index in [9.17, 15) is 0 Å². The number of ether oxygens (including phenoxy) is 1. The second-order valence-corrected chi connectivity index (χ2v) is 9.38. The number of nitrogens with zero attached hydrogens (tertiary/aromatic N) is 2. The fourth-order valence-electron chi connectivity index (χ4n) is 4.51. The summed E-state index contributed by atoms with van der Waals surface area (Å²) in [6.07, 6.45) is 6.83. The van der Waals surface area contributed by atoms with E-state index < -0.39 is 0 Å². The van der Waals surface area contributed by atoms with Crippen LogP contribution < -0.4 is 15.0 Å². The van der Waals surface area contributed by atoms with Crippen LogP contribution in [0, 0.1) is 0 Å². The molecular formula is C25H29N3OS. The first-order chi connectivity index (χ1) is 14.7. The van der Waals surface area contributed by atoms with Gasteiger partial charge in [0.25, 0.3) is 0 Å². The Kier molecular flexibility index (Phi) is 5.48. The minimum Gasteiger partial charge on any atom is -0.485 e. The third kappa shape index (κ3) is 3.72. The van der Waals surface area contributed by atoms with Crippen LogP contribution in [-0.2, 0) is 0 Å². The molecular weight excluding hydrogens is 390 g/mol. The van der Waals surface area contributed by atoms with Crippen molar-refractivity contribution in [2.45, 2.75) is 23.8 Å². The van der Waals surface area contributed by atoms with Gasteiger partial charge in [0.1, 0.15) is 11.9 Å². The van der Waals surface area contributed by atoms with E-state index in [2.05, 4.69) is 84.0 Å². The van der Waals surface area contributed by atoms with E-state index in [1.165, 1.54) is 33.0 Å². The van der Waals surface area contributed by atoms with Crippen molar-refractivity contribution in [2.24, 2.45) is 0 Å². The van der Waals surface area contributed by atoms with E-state index in [-0.39, 0.29) is 6.10 Å². The molecule has 3 aliphatic rings. The van der Waals surface area contributed by atoms with Crippen LogP contribution in [0.25, 0.3) is 5.57 Å². The summed E-state index contributed by atoms with van der Waals surface area (Å²) in [5.41, 5.74) is 6.57. The Morgan fingerprint density at radius 1 is 1.17 bits per heavy atom. The molecule has 1 unspecified atom stereocenters. The van der Waals surface area contributed by atoms with Gasteiger partial charge in [-0.3, -0.25) is 0 Å². The first-order valence-corrected chi connectivity index (χ1v) is 11.8. The molecule has 0 amide bonds. The maximum absolute atomic E-state index is 6.58. The molecule has 0 spiro atoms. The number of fused-ring (bicyclic) bond motifs is 2. The average Bonchev–Trinajstić information content (AvgIpc) is 2.83. The lowest BCUT2D eigenvalue weighted by molar-refractivity contribution is 0.227. The smallest absolute Gasteiger partial charge is 0.130 e. The van der Waals surface area contributed by atoms with Gasteiger partial charge in [-0.15, -0.1) is 11.8 Å². The van der Waals surface area contributed by atoms with Gasteiger partial charge in [0.2, 0.25) is 0 Å². The lowest BCUT2D eigenvalue weighted by atomic mass is 9.89. The quantitative estimate of drug-likeness (QED) is 0.745. The van der Waals surface area contributed by atoms with Crippen molar-refractivity contribution in [1.82, 2.24) is 4.90 Å². The summed E-state index contributed by atoms with van der Waals surface area (Å²) in [6, 6.07) is 15.1. The summed E-state index contributed by atoms with van der Waals surface area (Å²) in [7, 11) is 4.27. The Morgan fingerprint density at radius 3 is 2.97 bits per heavy atom. The van der Waals surface area contributed by atoms with Crippen LogP contribution in [0.5, 0.6) is 5.75 Å². The summed E-state index contributed by atoms with van der Waals surface area (Å²) >= 11 is 1.91.